The molecular weight excluding hydrogens is 232 g/mol. The van der Waals surface area contributed by atoms with Crippen molar-refractivity contribution in [2.75, 3.05) is 20.6 Å². The van der Waals surface area contributed by atoms with E-state index in [1.165, 1.54) is 0 Å². The molecule has 0 spiro atoms. The molecule has 0 bridgehead atoms. The molecule has 0 saturated carbocycles. The first-order chi connectivity index (χ1) is 7.84. The number of aromatic nitrogens is 1. The lowest BCUT2D eigenvalue weighted by atomic mass is 10.0. The zero-order chi connectivity index (χ0) is 13.1. The van der Waals surface area contributed by atoms with Gasteiger partial charge >= 0.3 is 0 Å². The second-order valence-corrected chi connectivity index (χ2v) is 6.33. The van der Waals surface area contributed by atoms with Crippen molar-refractivity contribution in [3.63, 3.8) is 0 Å². The van der Waals surface area contributed by atoms with E-state index in [1.807, 2.05) is 13.8 Å². The van der Waals surface area contributed by atoms with Crippen LogP contribution >= 0.6 is 11.3 Å². The number of rotatable bonds is 6. The molecule has 1 aromatic rings. The summed E-state index contributed by atoms with van der Waals surface area (Å²) in [5, 5.41) is 11.3. The second kappa shape index (κ2) is 5.94. The van der Waals surface area contributed by atoms with Crippen LogP contribution in [0.25, 0.3) is 0 Å². The first-order valence-corrected chi connectivity index (χ1v) is 7.02. The molecule has 0 fully saturated rings. The van der Waals surface area contributed by atoms with Gasteiger partial charge < -0.3 is 10.0 Å². The third-order valence-corrected chi connectivity index (χ3v) is 4.03. The molecule has 1 rings (SSSR count). The number of aliphatic hydroxyl groups is 1. The Morgan fingerprint density at radius 2 is 1.94 bits per heavy atom. The van der Waals surface area contributed by atoms with Crippen LogP contribution in [0.1, 0.15) is 42.8 Å². The number of hydrogen-bond donors (Lipinski definition) is 1. The highest BCUT2D eigenvalue weighted by Gasteiger charge is 2.24. The van der Waals surface area contributed by atoms with Crippen molar-refractivity contribution in [2.24, 2.45) is 0 Å². The van der Waals surface area contributed by atoms with Crippen LogP contribution < -0.4 is 0 Å². The summed E-state index contributed by atoms with van der Waals surface area (Å²) in [6, 6.07) is 0. The van der Waals surface area contributed by atoms with E-state index in [0.717, 1.165) is 41.4 Å². The highest BCUT2D eigenvalue weighted by molar-refractivity contribution is 7.11. The van der Waals surface area contributed by atoms with E-state index in [9.17, 15) is 5.11 Å². The maximum absolute atomic E-state index is 10.1. The van der Waals surface area contributed by atoms with Gasteiger partial charge in [-0.15, -0.1) is 11.3 Å². The minimum atomic E-state index is -0.765. The fourth-order valence-corrected chi connectivity index (χ4v) is 2.81. The highest BCUT2D eigenvalue weighted by Crippen LogP contribution is 2.30. The molecule has 1 N–H and O–H groups in total. The van der Waals surface area contributed by atoms with Crippen LogP contribution in [-0.2, 0) is 18.4 Å². The van der Waals surface area contributed by atoms with E-state index in [1.54, 1.807) is 11.3 Å². The second-order valence-electron chi connectivity index (χ2n) is 5.25. The Morgan fingerprint density at radius 1 is 1.29 bits per heavy atom. The quantitative estimate of drug-likeness (QED) is 0.849. The van der Waals surface area contributed by atoms with Gasteiger partial charge in [-0.25, -0.2) is 4.98 Å². The lowest BCUT2D eigenvalue weighted by Crippen LogP contribution is -2.15. The van der Waals surface area contributed by atoms with Crippen molar-refractivity contribution < 1.29 is 5.11 Å². The Labute approximate surface area is 108 Å². The van der Waals surface area contributed by atoms with Gasteiger partial charge in [0.25, 0.3) is 0 Å². The molecule has 0 unspecified atom stereocenters. The average molecular weight is 256 g/mol. The molecule has 0 saturated heterocycles. The van der Waals surface area contributed by atoms with Crippen LogP contribution in [0.15, 0.2) is 0 Å². The smallest absolute Gasteiger partial charge is 0.0950 e. The van der Waals surface area contributed by atoms with Gasteiger partial charge in [0.1, 0.15) is 0 Å². The van der Waals surface area contributed by atoms with E-state index in [0.29, 0.717) is 0 Å². The lowest BCUT2D eigenvalue weighted by Gasteiger charge is -2.16. The van der Waals surface area contributed by atoms with Crippen LogP contribution in [0.2, 0.25) is 0 Å². The van der Waals surface area contributed by atoms with E-state index in [2.05, 4.69) is 30.9 Å². The summed E-state index contributed by atoms with van der Waals surface area (Å²) < 4.78 is 0. The Bertz CT molecular complexity index is 353. The molecule has 1 heterocycles. The van der Waals surface area contributed by atoms with Gasteiger partial charge in [-0.1, -0.05) is 13.3 Å². The SMILES string of the molecule is CCCc1nc(CCN(C)C)sc1C(C)(C)O. The molecule has 0 aliphatic carbocycles. The van der Waals surface area contributed by atoms with Gasteiger partial charge in [0.2, 0.25) is 0 Å². The van der Waals surface area contributed by atoms with Crippen LogP contribution in [0.3, 0.4) is 0 Å². The van der Waals surface area contributed by atoms with Crippen molar-refractivity contribution in [1.29, 1.82) is 0 Å². The standard InChI is InChI=1S/C13H24N2OS/c1-6-7-10-12(13(2,3)16)17-11(14-10)8-9-15(4)5/h16H,6-9H2,1-5H3. The van der Waals surface area contributed by atoms with Crippen LogP contribution in [0, 0.1) is 0 Å². The molecule has 0 aliphatic heterocycles. The Balaban J connectivity index is 2.88. The highest BCUT2D eigenvalue weighted by atomic mass is 32.1. The first kappa shape index (κ1) is 14.6. The fourth-order valence-electron chi connectivity index (χ4n) is 1.71. The maximum Gasteiger partial charge on any atom is 0.0950 e. The largest absolute Gasteiger partial charge is 0.385 e. The monoisotopic (exact) mass is 256 g/mol. The zero-order valence-corrected chi connectivity index (χ0v) is 12.4. The summed E-state index contributed by atoms with van der Waals surface area (Å²) in [6.45, 7) is 6.84. The average Bonchev–Trinajstić information content (AvgIpc) is 2.58. The Morgan fingerprint density at radius 3 is 2.41 bits per heavy atom. The predicted octanol–water partition coefficient (Wildman–Crippen LogP) is 2.43. The van der Waals surface area contributed by atoms with Crippen LogP contribution in [0.4, 0.5) is 0 Å². The van der Waals surface area contributed by atoms with Gasteiger partial charge in [-0.2, -0.15) is 0 Å². The molecular formula is C13H24N2OS. The van der Waals surface area contributed by atoms with Gasteiger partial charge in [0.05, 0.1) is 21.2 Å². The minimum absolute atomic E-state index is 0.765. The summed E-state index contributed by atoms with van der Waals surface area (Å²) in [4.78, 5) is 7.86. The summed E-state index contributed by atoms with van der Waals surface area (Å²) >= 11 is 1.66. The fraction of sp³-hybridized carbons (Fsp3) is 0.769. The van der Waals surface area contributed by atoms with Gasteiger partial charge in [0, 0.05) is 13.0 Å². The molecule has 1 aromatic heterocycles. The summed E-state index contributed by atoms with van der Waals surface area (Å²) in [5.41, 5.74) is 0.317. The Hall–Kier alpha value is -0.450. The van der Waals surface area contributed by atoms with E-state index in [4.69, 9.17) is 0 Å². The molecule has 0 aliphatic rings. The van der Waals surface area contributed by atoms with Crippen molar-refractivity contribution in [1.82, 2.24) is 9.88 Å². The summed E-state index contributed by atoms with van der Waals surface area (Å²) in [7, 11) is 4.13. The van der Waals surface area contributed by atoms with E-state index >= 15 is 0 Å². The number of hydrogen-bond acceptors (Lipinski definition) is 4. The van der Waals surface area contributed by atoms with Crippen molar-refractivity contribution >= 4 is 11.3 Å². The molecule has 0 radical (unpaired) electrons. The van der Waals surface area contributed by atoms with Gasteiger partial charge in [-0.3, -0.25) is 0 Å². The van der Waals surface area contributed by atoms with E-state index in [-0.39, 0.29) is 0 Å². The zero-order valence-electron chi connectivity index (χ0n) is 11.6. The van der Waals surface area contributed by atoms with Crippen LogP contribution in [-0.4, -0.2) is 35.6 Å². The summed E-state index contributed by atoms with van der Waals surface area (Å²) in [6.07, 6.45) is 2.99. The third-order valence-electron chi connectivity index (χ3n) is 2.56. The van der Waals surface area contributed by atoms with Gasteiger partial charge in [0.15, 0.2) is 0 Å². The topological polar surface area (TPSA) is 36.4 Å². The Kier molecular flexibility index (Phi) is 5.10. The number of likely N-dealkylation sites (N-methyl/N-ethyl adjacent to an activating group) is 1. The third kappa shape index (κ3) is 4.37. The van der Waals surface area contributed by atoms with Crippen molar-refractivity contribution in [2.45, 2.75) is 45.6 Å². The molecule has 4 heteroatoms. The first-order valence-electron chi connectivity index (χ1n) is 6.20. The normalized spacial score (nSPS) is 12.4. The molecule has 0 amide bonds. The number of aryl methyl sites for hydroxylation is 1. The maximum atomic E-state index is 10.1. The molecule has 98 valence electrons. The van der Waals surface area contributed by atoms with Crippen LogP contribution in [0.5, 0.6) is 0 Å². The predicted molar refractivity (Wildman–Crippen MR) is 73.6 cm³/mol. The number of nitrogens with zero attached hydrogens (tertiary/aromatic N) is 2. The minimum Gasteiger partial charge on any atom is -0.385 e. The van der Waals surface area contributed by atoms with Crippen molar-refractivity contribution in [3.8, 4) is 0 Å². The van der Waals surface area contributed by atoms with Gasteiger partial charge in [-0.05, 0) is 34.4 Å². The van der Waals surface area contributed by atoms with Crippen molar-refractivity contribution in [3.05, 3.63) is 15.6 Å². The molecule has 17 heavy (non-hydrogen) atoms. The van der Waals surface area contributed by atoms with E-state index < -0.39 is 5.60 Å². The number of thiazole rings is 1. The molecule has 0 atom stereocenters. The molecule has 0 aromatic carbocycles. The summed E-state index contributed by atoms with van der Waals surface area (Å²) in [5.74, 6) is 0. The lowest BCUT2D eigenvalue weighted by molar-refractivity contribution is 0.0813. The molecule has 3 nitrogen and oxygen atoms in total.